The van der Waals surface area contributed by atoms with Crippen molar-refractivity contribution in [2.24, 2.45) is 0 Å². The van der Waals surface area contributed by atoms with Gasteiger partial charge in [-0.25, -0.2) is 0 Å². The van der Waals surface area contributed by atoms with Crippen molar-refractivity contribution in [1.29, 1.82) is 0 Å². The molecule has 4 nitrogen and oxygen atoms in total. The molecule has 1 aromatic rings. The van der Waals surface area contributed by atoms with Crippen LogP contribution in [0.25, 0.3) is 0 Å². The molecular weight excluding hydrogens is 420 g/mol. The summed E-state index contributed by atoms with van der Waals surface area (Å²) in [7, 11) is 0. The molecule has 0 atom stereocenters. The van der Waals surface area contributed by atoms with Crippen molar-refractivity contribution >= 4 is 23.2 Å². The van der Waals surface area contributed by atoms with Crippen LogP contribution in [-0.4, -0.2) is 11.8 Å². The van der Waals surface area contributed by atoms with Gasteiger partial charge in [0, 0.05) is 24.2 Å². The van der Waals surface area contributed by atoms with Crippen LogP contribution in [0.4, 0.5) is 11.4 Å². The highest BCUT2D eigenvalue weighted by molar-refractivity contribution is 5.94. The Kier molecular flexibility index (Phi) is 19.2. The largest absolute Gasteiger partial charge is 0.326 e. The number of rotatable bonds is 22. The van der Waals surface area contributed by atoms with Gasteiger partial charge in [0.2, 0.25) is 11.8 Å². The minimum atomic E-state index is 0.0566. The molecule has 0 aliphatic rings. The molecule has 0 saturated heterocycles. The monoisotopic (exact) mass is 472 g/mol. The lowest BCUT2D eigenvalue weighted by molar-refractivity contribution is -0.117. The highest BCUT2D eigenvalue weighted by Gasteiger charge is 2.06. The van der Waals surface area contributed by atoms with Crippen LogP contribution >= 0.6 is 0 Å². The van der Waals surface area contributed by atoms with Crippen molar-refractivity contribution in [3.05, 3.63) is 24.3 Å². The quantitative estimate of drug-likeness (QED) is 0.165. The van der Waals surface area contributed by atoms with E-state index < -0.39 is 0 Å². The van der Waals surface area contributed by atoms with Gasteiger partial charge in [-0.3, -0.25) is 9.59 Å². The molecule has 0 heterocycles. The van der Waals surface area contributed by atoms with Crippen molar-refractivity contribution in [2.45, 2.75) is 142 Å². The van der Waals surface area contributed by atoms with Crippen LogP contribution < -0.4 is 10.6 Å². The maximum Gasteiger partial charge on any atom is 0.224 e. The molecular formula is C30H52N2O2. The first kappa shape index (κ1) is 30.2. The van der Waals surface area contributed by atoms with E-state index in [1.165, 1.54) is 89.9 Å². The van der Waals surface area contributed by atoms with Crippen LogP contribution in [0, 0.1) is 0 Å². The smallest absolute Gasteiger partial charge is 0.224 e. The molecule has 1 rings (SSSR count). The van der Waals surface area contributed by atoms with Crippen LogP contribution in [-0.2, 0) is 9.59 Å². The van der Waals surface area contributed by atoms with E-state index in [0.717, 1.165) is 37.1 Å². The maximum atomic E-state index is 12.3. The van der Waals surface area contributed by atoms with Gasteiger partial charge in [-0.15, -0.1) is 0 Å². The Hall–Kier alpha value is -1.84. The molecule has 0 fully saturated rings. The number of anilines is 2. The summed E-state index contributed by atoms with van der Waals surface area (Å²) in [5.74, 6) is 0.113. The number of carbonyl (C=O) groups is 2. The standard InChI is InChI=1S/C30H52N2O2/c1-3-5-7-9-11-13-15-17-19-24-29(33)31-27-22-21-23-28(26-27)32-30(34)25-20-18-16-14-12-10-8-6-4-2/h21-23,26H,3-20,24-25H2,1-2H3,(H,31,33)(H,32,34). The fourth-order valence-electron chi connectivity index (χ4n) is 4.31. The van der Waals surface area contributed by atoms with Crippen molar-refractivity contribution in [2.75, 3.05) is 10.6 Å². The molecule has 0 radical (unpaired) electrons. The van der Waals surface area contributed by atoms with E-state index in [0.29, 0.717) is 12.8 Å². The topological polar surface area (TPSA) is 58.2 Å². The molecule has 0 aliphatic heterocycles. The number of amides is 2. The zero-order valence-electron chi connectivity index (χ0n) is 22.3. The van der Waals surface area contributed by atoms with Gasteiger partial charge < -0.3 is 10.6 Å². The molecule has 0 bridgehead atoms. The Morgan fingerprint density at radius 3 is 1.21 bits per heavy atom. The van der Waals surface area contributed by atoms with E-state index in [2.05, 4.69) is 24.5 Å². The van der Waals surface area contributed by atoms with Gasteiger partial charge in [-0.2, -0.15) is 0 Å². The predicted molar refractivity (Wildman–Crippen MR) is 147 cm³/mol. The normalized spacial score (nSPS) is 10.9. The van der Waals surface area contributed by atoms with E-state index in [1.54, 1.807) is 0 Å². The number of carbonyl (C=O) groups excluding carboxylic acids is 2. The molecule has 0 aromatic heterocycles. The molecule has 0 aliphatic carbocycles. The molecule has 0 unspecified atom stereocenters. The fourth-order valence-corrected chi connectivity index (χ4v) is 4.31. The SMILES string of the molecule is CCCCCCCCCCCC(=O)Nc1cccc(NC(=O)CCCCCCCCCCC)c1. The minimum absolute atomic E-state index is 0.0566. The minimum Gasteiger partial charge on any atom is -0.326 e. The first-order chi connectivity index (χ1) is 16.7. The summed E-state index contributed by atoms with van der Waals surface area (Å²) in [4.78, 5) is 24.5. The van der Waals surface area contributed by atoms with Gasteiger partial charge in [0.1, 0.15) is 0 Å². The van der Waals surface area contributed by atoms with Crippen LogP contribution in [0.5, 0.6) is 0 Å². The molecule has 194 valence electrons. The lowest BCUT2D eigenvalue weighted by atomic mass is 10.1. The summed E-state index contributed by atoms with van der Waals surface area (Å²) in [5, 5.41) is 5.95. The number of hydrogen-bond acceptors (Lipinski definition) is 2. The Morgan fingerprint density at radius 2 is 0.853 bits per heavy atom. The Bertz CT molecular complexity index is 593. The number of nitrogens with one attached hydrogen (secondary N) is 2. The average Bonchev–Trinajstić information content (AvgIpc) is 2.82. The van der Waals surface area contributed by atoms with E-state index in [1.807, 2.05) is 24.3 Å². The van der Waals surface area contributed by atoms with Gasteiger partial charge in [-0.05, 0) is 31.0 Å². The van der Waals surface area contributed by atoms with Crippen LogP contribution in [0.3, 0.4) is 0 Å². The highest BCUT2D eigenvalue weighted by Crippen LogP contribution is 2.17. The molecule has 1 aromatic carbocycles. The first-order valence-electron chi connectivity index (χ1n) is 14.4. The van der Waals surface area contributed by atoms with E-state index >= 15 is 0 Å². The third-order valence-corrected chi connectivity index (χ3v) is 6.44. The lowest BCUT2D eigenvalue weighted by Crippen LogP contribution is -2.13. The van der Waals surface area contributed by atoms with Crippen LogP contribution in [0.15, 0.2) is 24.3 Å². The molecule has 0 spiro atoms. The van der Waals surface area contributed by atoms with E-state index in [9.17, 15) is 9.59 Å². The molecule has 4 heteroatoms. The number of hydrogen-bond donors (Lipinski definition) is 2. The molecule has 2 N–H and O–H groups in total. The molecule has 2 amide bonds. The van der Waals surface area contributed by atoms with Crippen molar-refractivity contribution in [1.82, 2.24) is 0 Å². The summed E-state index contributed by atoms with van der Waals surface area (Å²) in [6, 6.07) is 7.49. The summed E-state index contributed by atoms with van der Waals surface area (Å²) in [5.41, 5.74) is 1.50. The second-order valence-electron chi connectivity index (χ2n) is 9.83. The first-order valence-corrected chi connectivity index (χ1v) is 14.4. The Morgan fingerprint density at radius 1 is 0.529 bits per heavy atom. The van der Waals surface area contributed by atoms with Crippen LogP contribution in [0.1, 0.15) is 142 Å². The van der Waals surface area contributed by atoms with Crippen molar-refractivity contribution in [3.8, 4) is 0 Å². The van der Waals surface area contributed by atoms with Gasteiger partial charge in [0.15, 0.2) is 0 Å². The van der Waals surface area contributed by atoms with Crippen molar-refractivity contribution in [3.63, 3.8) is 0 Å². The third kappa shape index (κ3) is 17.6. The molecule has 0 saturated carbocycles. The Balaban J connectivity index is 2.12. The van der Waals surface area contributed by atoms with Gasteiger partial charge in [0.05, 0.1) is 0 Å². The zero-order valence-corrected chi connectivity index (χ0v) is 22.3. The maximum absolute atomic E-state index is 12.3. The zero-order chi connectivity index (χ0) is 24.7. The average molecular weight is 473 g/mol. The van der Waals surface area contributed by atoms with Gasteiger partial charge >= 0.3 is 0 Å². The fraction of sp³-hybridized carbons (Fsp3) is 0.733. The second-order valence-corrected chi connectivity index (χ2v) is 9.83. The predicted octanol–water partition coefficient (Wildman–Crippen LogP) is 9.41. The van der Waals surface area contributed by atoms with Crippen molar-refractivity contribution < 1.29 is 9.59 Å². The van der Waals surface area contributed by atoms with E-state index in [-0.39, 0.29) is 11.8 Å². The van der Waals surface area contributed by atoms with Gasteiger partial charge in [-0.1, -0.05) is 123 Å². The number of unbranched alkanes of at least 4 members (excludes halogenated alkanes) is 16. The summed E-state index contributed by atoms with van der Waals surface area (Å²) < 4.78 is 0. The van der Waals surface area contributed by atoms with Crippen LogP contribution in [0.2, 0.25) is 0 Å². The second kappa shape index (κ2) is 21.7. The highest BCUT2D eigenvalue weighted by atomic mass is 16.2. The number of benzene rings is 1. The third-order valence-electron chi connectivity index (χ3n) is 6.44. The summed E-state index contributed by atoms with van der Waals surface area (Å²) in [6.45, 7) is 4.49. The molecule has 34 heavy (non-hydrogen) atoms. The van der Waals surface area contributed by atoms with Gasteiger partial charge in [0.25, 0.3) is 0 Å². The summed E-state index contributed by atoms with van der Waals surface area (Å²) in [6.07, 6.45) is 23.6. The Labute approximate surface area is 210 Å². The summed E-state index contributed by atoms with van der Waals surface area (Å²) >= 11 is 0. The lowest BCUT2D eigenvalue weighted by Gasteiger charge is -2.09. The van der Waals surface area contributed by atoms with E-state index in [4.69, 9.17) is 0 Å².